The number of rotatable bonds is 5. The van der Waals surface area contributed by atoms with Crippen molar-refractivity contribution in [3.05, 3.63) is 18.2 Å². The summed E-state index contributed by atoms with van der Waals surface area (Å²) in [5, 5.41) is 17.2. The van der Waals surface area contributed by atoms with Crippen LogP contribution in [0.15, 0.2) is 23.1 Å². The number of primary sulfonamides is 1. The normalized spacial score (nSPS) is 15.1. The van der Waals surface area contributed by atoms with E-state index in [1.165, 1.54) is 18.2 Å². The predicted molar refractivity (Wildman–Crippen MR) is 71.6 cm³/mol. The lowest BCUT2D eigenvalue weighted by molar-refractivity contribution is 0.226. The van der Waals surface area contributed by atoms with Gasteiger partial charge in [0.15, 0.2) is 0 Å². The van der Waals surface area contributed by atoms with E-state index in [1.807, 2.05) is 13.8 Å². The molecule has 0 bridgehead atoms. The smallest absolute Gasteiger partial charge is 0.238 e. The second-order valence-electron chi connectivity index (χ2n) is 4.39. The molecule has 102 valence electrons. The molecule has 6 nitrogen and oxygen atoms in total. The largest absolute Gasteiger partial charge is 0.397 e. The maximum absolute atomic E-state index is 11.2. The van der Waals surface area contributed by atoms with Crippen LogP contribution in [0, 0.1) is 5.92 Å². The zero-order valence-electron chi connectivity index (χ0n) is 10.4. The molecule has 0 saturated carbocycles. The molecule has 0 saturated heterocycles. The van der Waals surface area contributed by atoms with E-state index in [1.54, 1.807) is 0 Å². The summed E-state index contributed by atoms with van der Waals surface area (Å²) >= 11 is 0. The Morgan fingerprint density at radius 2 is 2.00 bits per heavy atom. The molecule has 0 fully saturated rings. The fourth-order valence-electron chi connectivity index (χ4n) is 1.38. The summed E-state index contributed by atoms with van der Waals surface area (Å²) in [5.41, 5.74) is 6.69. The van der Waals surface area contributed by atoms with Crippen LogP contribution in [0.2, 0.25) is 0 Å². The molecule has 0 aliphatic rings. The van der Waals surface area contributed by atoms with Gasteiger partial charge in [0.05, 0.1) is 16.3 Å². The molecule has 0 amide bonds. The Kier molecular flexibility index (Phi) is 4.55. The Labute approximate surface area is 107 Å². The van der Waals surface area contributed by atoms with Crippen molar-refractivity contribution in [3.8, 4) is 0 Å². The average molecular weight is 273 g/mol. The van der Waals surface area contributed by atoms with E-state index in [0.29, 0.717) is 11.4 Å². The van der Waals surface area contributed by atoms with Gasteiger partial charge in [0.1, 0.15) is 0 Å². The van der Waals surface area contributed by atoms with Crippen LogP contribution in [0.1, 0.15) is 13.8 Å². The first-order valence-electron chi connectivity index (χ1n) is 5.55. The van der Waals surface area contributed by atoms with E-state index in [2.05, 4.69) is 5.32 Å². The number of benzene rings is 1. The van der Waals surface area contributed by atoms with Gasteiger partial charge in [0.2, 0.25) is 10.0 Å². The minimum atomic E-state index is -3.75. The monoisotopic (exact) mass is 273 g/mol. The third-order valence-corrected chi connectivity index (χ3v) is 3.79. The lowest BCUT2D eigenvalue weighted by atomic mass is 10.0. The first-order valence-corrected chi connectivity index (χ1v) is 7.10. The van der Waals surface area contributed by atoms with Crippen molar-refractivity contribution in [2.75, 3.05) is 17.7 Å². The Balaban J connectivity index is 3.02. The van der Waals surface area contributed by atoms with Gasteiger partial charge in [-0.15, -0.1) is 0 Å². The molecule has 1 aromatic carbocycles. The van der Waals surface area contributed by atoms with Crippen molar-refractivity contribution in [1.82, 2.24) is 0 Å². The molecular weight excluding hydrogens is 254 g/mol. The number of anilines is 2. The first-order chi connectivity index (χ1) is 8.25. The van der Waals surface area contributed by atoms with Crippen molar-refractivity contribution in [1.29, 1.82) is 0 Å². The van der Waals surface area contributed by atoms with Crippen molar-refractivity contribution in [2.24, 2.45) is 11.1 Å². The van der Waals surface area contributed by atoms with E-state index in [9.17, 15) is 8.42 Å². The maximum Gasteiger partial charge on any atom is 0.238 e. The van der Waals surface area contributed by atoms with Gasteiger partial charge in [-0.25, -0.2) is 13.6 Å². The molecule has 2 unspecified atom stereocenters. The van der Waals surface area contributed by atoms with Gasteiger partial charge in [-0.1, -0.05) is 6.92 Å². The Morgan fingerprint density at radius 1 is 1.39 bits per heavy atom. The summed E-state index contributed by atoms with van der Waals surface area (Å²) < 4.78 is 22.5. The molecule has 0 radical (unpaired) electrons. The molecule has 1 rings (SSSR count). The van der Waals surface area contributed by atoms with Crippen LogP contribution in [0.3, 0.4) is 0 Å². The van der Waals surface area contributed by atoms with Crippen LogP contribution in [0.5, 0.6) is 0 Å². The summed E-state index contributed by atoms with van der Waals surface area (Å²) in [5.74, 6) is 0.0162. The van der Waals surface area contributed by atoms with Crippen molar-refractivity contribution in [3.63, 3.8) is 0 Å². The predicted octanol–water partition coefficient (Wildman–Crippen LogP) is 0.345. The van der Waals surface area contributed by atoms with Gasteiger partial charge in [0, 0.05) is 12.6 Å². The first kappa shape index (κ1) is 14.7. The van der Waals surface area contributed by atoms with Gasteiger partial charge in [-0.2, -0.15) is 0 Å². The number of hydrogen-bond acceptors (Lipinski definition) is 5. The fourth-order valence-corrected chi connectivity index (χ4v) is 1.92. The number of sulfonamides is 1. The zero-order chi connectivity index (χ0) is 13.9. The highest BCUT2D eigenvalue weighted by Crippen LogP contribution is 2.24. The molecule has 0 spiro atoms. The van der Waals surface area contributed by atoms with Gasteiger partial charge >= 0.3 is 0 Å². The number of nitrogens with one attached hydrogen (secondary N) is 1. The fraction of sp³-hybridized carbons (Fsp3) is 0.455. The summed E-state index contributed by atoms with van der Waals surface area (Å²) in [4.78, 5) is 0.00283. The van der Waals surface area contributed by atoms with E-state index in [4.69, 9.17) is 16.0 Å². The molecule has 0 aliphatic heterocycles. The van der Waals surface area contributed by atoms with Crippen LogP contribution in [-0.2, 0) is 10.0 Å². The minimum absolute atomic E-state index is 0.00283. The van der Waals surface area contributed by atoms with Crippen molar-refractivity contribution < 1.29 is 13.5 Å². The number of nitrogens with two attached hydrogens (primary N) is 2. The van der Waals surface area contributed by atoms with Crippen LogP contribution in [0.4, 0.5) is 11.4 Å². The number of aliphatic hydroxyl groups is 1. The maximum atomic E-state index is 11.2. The van der Waals surface area contributed by atoms with Crippen molar-refractivity contribution in [2.45, 2.75) is 24.8 Å². The zero-order valence-corrected chi connectivity index (χ0v) is 11.2. The molecule has 1 aromatic rings. The Bertz CT molecular complexity index is 516. The summed E-state index contributed by atoms with van der Waals surface area (Å²) in [6.07, 6.45) is 0. The number of nitrogen functional groups attached to an aromatic ring is 1. The highest BCUT2D eigenvalue weighted by Gasteiger charge is 2.14. The van der Waals surface area contributed by atoms with Crippen LogP contribution >= 0.6 is 0 Å². The van der Waals surface area contributed by atoms with E-state index in [0.717, 1.165) is 0 Å². The summed E-state index contributed by atoms with van der Waals surface area (Å²) in [6.45, 7) is 3.78. The van der Waals surface area contributed by atoms with E-state index in [-0.39, 0.29) is 23.5 Å². The molecule has 0 aromatic heterocycles. The van der Waals surface area contributed by atoms with Gasteiger partial charge in [-0.05, 0) is 31.0 Å². The SMILES string of the molecule is CC(CO)C(C)Nc1cc(S(N)(=O)=O)ccc1N. The highest BCUT2D eigenvalue weighted by atomic mass is 32.2. The quantitative estimate of drug-likeness (QED) is 0.577. The number of aliphatic hydroxyl groups excluding tert-OH is 1. The van der Waals surface area contributed by atoms with Gasteiger partial charge in [0.25, 0.3) is 0 Å². The molecular formula is C11H19N3O3S. The van der Waals surface area contributed by atoms with Crippen LogP contribution in [-0.4, -0.2) is 26.2 Å². The summed E-state index contributed by atoms with van der Waals surface area (Å²) in [7, 11) is -3.75. The highest BCUT2D eigenvalue weighted by molar-refractivity contribution is 7.89. The van der Waals surface area contributed by atoms with Crippen molar-refractivity contribution >= 4 is 21.4 Å². The van der Waals surface area contributed by atoms with Gasteiger partial charge in [-0.3, -0.25) is 0 Å². The lowest BCUT2D eigenvalue weighted by Crippen LogP contribution is -2.26. The third-order valence-electron chi connectivity index (χ3n) is 2.88. The molecule has 7 heteroatoms. The Morgan fingerprint density at radius 3 is 2.50 bits per heavy atom. The molecule has 6 N–H and O–H groups in total. The minimum Gasteiger partial charge on any atom is -0.397 e. The van der Waals surface area contributed by atoms with Gasteiger partial charge < -0.3 is 16.2 Å². The number of hydrogen-bond donors (Lipinski definition) is 4. The van der Waals surface area contributed by atoms with E-state index >= 15 is 0 Å². The average Bonchev–Trinajstić information content (AvgIpc) is 2.29. The lowest BCUT2D eigenvalue weighted by Gasteiger charge is -2.21. The Hall–Kier alpha value is -1.31. The third kappa shape index (κ3) is 3.59. The topological polar surface area (TPSA) is 118 Å². The molecule has 0 aliphatic carbocycles. The molecule has 18 heavy (non-hydrogen) atoms. The standard InChI is InChI=1S/C11H19N3O3S/c1-7(6-15)8(2)14-11-5-9(18(13,16)17)3-4-10(11)12/h3-5,7-8,14-15H,6,12H2,1-2H3,(H2,13,16,17). The second kappa shape index (κ2) is 5.55. The van der Waals surface area contributed by atoms with Crippen LogP contribution in [0.25, 0.3) is 0 Å². The molecule has 0 heterocycles. The van der Waals surface area contributed by atoms with E-state index < -0.39 is 10.0 Å². The van der Waals surface area contributed by atoms with Crippen LogP contribution < -0.4 is 16.2 Å². The summed E-state index contributed by atoms with van der Waals surface area (Å²) in [6, 6.07) is 4.19. The molecule has 2 atom stereocenters. The second-order valence-corrected chi connectivity index (χ2v) is 5.95.